The van der Waals surface area contributed by atoms with Gasteiger partial charge in [0.2, 0.25) is 0 Å². The lowest BCUT2D eigenvalue weighted by molar-refractivity contribution is -0.131. The Morgan fingerprint density at radius 3 is 2.86 bits per heavy atom. The number of likely N-dealkylation sites (tertiary alicyclic amines) is 1. The number of halogens is 1. The summed E-state index contributed by atoms with van der Waals surface area (Å²) in [4.78, 5) is 28.1. The first-order valence-electron chi connectivity index (χ1n) is 15.0. The quantitative estimate of drug-likeness (QED) is 0.378. The van der Waals surface area contributed by atoms with E-state index in [9.17, 15) is 14.4 Å². The molecule has 2 aliphatic heterocycles. The maximum atomic E-state index is 13.8. The van der Waals surface area contributed by atoms with Crippen molar-refractivity contribution in [3.05, 3.63) is 59.9 Å². The molecule has 0 spiro atoms. The van der Waals surface area contributed by atoms with Crippen molar-refractivity contribution in [1.82, 2.24) is 19.8 Å². The monoisotopic (exact) mass is 566 g/mol. The van der Waals surface area contributed by atoms with Gasteiger partial charge in [-0.25, -0.2) is 4.39 Å². The van der Waals surface area contributed by atoms with E-state index in [2.05, 4.69) is 65.9 Å². The Kier molecular flexibility index (Phi) is 6.82. The summed E-state index contributed by atoms with van der Waals surface area (Å²) < 4.78 is 20.0. The van der Waals surface area contributed by atoms with Gasteiger partial charge in [0.15, 0.2) is 5.83 Å². The van der Waals surface area contributed by atoms with Crippen molar-refractivity contribution in [1.29, 1.82) is 5.26 Å². The summed E-state index contributed by atoms with van der Waals surface area (Å²) in [5.41, 5.74) is 6.17. The molecular weight excluding hydrogens is 531 g/mol. The second-order valence-corrected chi connectivity index (χ2v) is 12.2. The molecule has 1 amide bonds. The van der Waals surface area contributed by atoms with Crippen molar-refractivity contribution in [2.75, 3.05) is 44.7 Å². The summed E-state index contributed by atoms with van der Waals surface area (Å²) >= 11 is 0. The highest BCUT2D eigenvalue weighted by atomic mass is 19.1. The van der Waals surface area contributed by atoms with Gasteiger partial charge in [0.1, 0.15) is 12.4 Å². The first-order chi connectivity index (χ1) is 20.4. The Balaban J connectivity index is 1.26. The molecule has 0 radical (unpaired) electrons. The first kappa shape index (κ1) is 26.8. The summed E-state index contributed by atoms with van der Waals surface area (Å²) in [5.74, 6) is 0.405. The fourth-order valence-corrected chi connectivity index (χ4v) is 7.27. The molecule has 1 aromatic heterocycles. The topological polar surface area (TPSA) is 85.6 Å². The Bertz CT molecular complexity index is 1620. The lowest BCUT2D eigenvalue weighted by Crippen LogP contribution is -2.55. The molecule has 9 heteroatoms. The zero-order chi connectivity index (χ0) is 29.0. The number of carbonyl (C=O) groups is 1. The predicted molar refractivity (Wildman–Crippen MR) is 159 cm³/mol. The van der Waals surface area contributed by atoms with Crippen molar-refractivity contribution in [3.8, 4) is 23.2 Å². The number of carbonyl (C=O) groups excluding carboxylic acids is 1. The van der Waals surface area contributed by atoms with Crippen LogP contribution < -0.4 is 9.64 Å². The number of hydrogen-bond donors (Lipinski definition) is 0. The average molecular weight is 567 g/mol. The molecular formula is C33H35FN6O2. The molecule has 4 atom stereocenters. The summed E-state index contributed by atoms with van der Waals surface area (Å²) in [5, 5.41) is 10.4. The minimum Gasteiger partial charge on any atom is -0.462 e. The maximum absolute atomic E-state index is 13.8. The SMILES string of the molecule is C=C(F)C(=O)N1CCN(c2nc(OC[C@@H]3CCCN3C)nc3cc(-c4cccc5c4[C@@H]4C[C@@H]4C5)ccc23)C[C@@H]1CC#N. The van der Waals surface area contributed by atoms with Crippen molar-refractivity contribution >= 4 is 22.6 Å². The lowest BCUT2D eigenvalue weighted by atomic mass is 9.94. The number of amides is 1. The van der Waals surface area contributed by atoms with Crippen LogP contribution in [0, 0.1) is 17.2 Å². The molecule has 42 heavy (non-hydrogen) atoms. The number of nitriles is 1. The van der Waals surface area contributed by atoms with Gasteiger partial charge in [-0.3, -0.25) is 4.79 Å². The maximum Gasteiger partial charge on any atom is 0.319 e. The number of nitrogens with zero attached hydrogens (tertiary/aromatic N) is 6. The van der Waals surface area contributed by atoms with E-state index in [4.69, 9.17) is 14.7 Å². The molecule has 2 aliphatic carbocycles. The summed E-state index contributed by atoms with van der Waals surface area (Å²) in [6.45, 7) is 5.79. The van der Waals surface area contributed by atoms with Crippen LogP contribution in [0.25, 0.3) is 22.0 Å². The Morgan fingerprint density at radius 2 is 2.07 bits per heavy atom. The number of piperazine rings is 1. The number of hydrogen-bond acceptors (Lipinski definition) is 7. The second kappa shape index (κ2) is 10.7. The molecule has 8 nitrogen and oxygen atoms in total. The number of ether oxygens (including phenoxy) is 1. The highest BCUT2D eigenvalue weighted by Crippen LogP contribution is 2.58. The molecule has 3 heterocycles. The van der Waals surface area contributed by atoms with Crippen LogP contribution in [0.1, 0.15) is 42.7 Å². The first-order valence-corrected chi connectivity index (χ1v) is 15.0. The highest BCUT2D eigenvalue weighted by molar-refractivity contribution is 5.94. The third-order valence-corrected chi connectivity index (χ3v) is 9.62. The summed E-state index contributed by atoms with van der Waals surface area (Å²) in [6, 6.07) is 15.3. The smallest absolute Gasteiger partial charge is 0.319 e. The van der Waals surface area contributed by atoms with E-state index >= 15 is 0 Å². The van der Waals surface area contributed by atoms with Crippen LogP contribution in [0.3, 0.4) is 0 Å². The minimum atomic E-state index is -1.01. The number of benzene rings is 2. The number of fused-ring (bicyclic) bond motifs is 4. The lowest BCUT2D eigenvalue weighted by Gasteiger charge is -2.41. The standard InChI is InChI=1S/C33H35FN6O2/c1-20(34)32(41)40-14-13-39(18-24(40)10-11-35)31-27-9-8-21(26-7-3-5-22-15-23-16-28(23)30(22)26)17-29(27)36-33(37-31)42-19-25-6-4-12-38(25)2/h3,5,7-9,17,23-25,28H,1,4,6,10,12-16,18-19H2,2H3/t23-,24-,25-,28+/m0/s1. The minimum absolute atomic E-state index is 0.0847. The second-order valence-electron chi connectivity index (χ2n) is 12.2. The number of likely N-dealkylation sites (N-methyl/N-ethyl adjacent to an activating group) is 1. The van der Waals surface area contributed by atoms with E-state index < -0.39 is 17.8 Å². The molecule has 3 aromatic rings. The van der Waals surface area contributed by atoms with Gasteiger partial charge in [-0.2, -0.15) is 15.2 Å². The van der Waals surface area contributed by atoms with Gasteiger partial charge in [0.25, 0.3) is 5.91 Å². The van der Waals surface area contributed by atoms with E-state index in [1.54, 1.807) is 0 Å². The van der Waals surface area contributed by atoms with Gasteiger partial charge in [0, 0.05) is 31.1 Å². The highest BCUT2D eigenvalue weighted by Gasteiger charge is 2.46. The third kappa shape index (κ3) is 4.78. The van der Waals surface area contributed by atoms with Crippen LogP contribution in [0.4, 0.5) is 10.2 Å². The van der Waals surface area contributed by atoms with Crippen molar-refractivity contribution in [2.24, 2.45) is 5.92 Å². The Labute approximate surface area is 245 Å². The average Bonchev–Trinajstić information content (AvgIpc) is 3.47. The van der Waals surface area contributed by atoms with Crippen LogP contribution in [0.5, 0.6) is 6.01 Å². The van der Waals surface area contributed by atoms with Gasteiger partial charge in [-0.1, -0.05) is 30.8 Å². The van der Waals surface area contributed by atoms with Crippen LogP contribution in [0.2, 0.25) is 0 Å². The molecule has 2 saturated heterocycles. The molecule has 3 fully saturated rings. The fraction of sp³-hybridized carbons (Fsp3) is 0.455. The normalized spacial score (nSPS) is 24.8. The van der Waals surface area contributed by atoms with Crippen LogP contribution in [-0.2, 0) is 11.2 Å². The van der Waals surface area contributed by atoms with Crippen molar-refractivity contribution < 1.29 is 13.9 Å². The van der Waals surface area contributed by atoms with Crippen LogP contribution in [0.15, 0.2) is 48.8 Å². The number of anilines is 1. The van der Waals surface area contributed by atoms with E-state index in [-0.39, 0.29) is 13.0 Å². The van der Waals surface area contributed by atoms with Crippen molar-refractivity contribution in [3.63, 3.8) is 0 Å². The van der Waals surface area contributed by atoms with Gasteiger partial charge >= 0.3 is 6.01 Å². The fourth-order valence-electron chi connectivity index (χ4n) is 7.27. The van der Waals surface area contributed by atoms with Crippen molar-refractivity contribution in [2.45, 2.75) is 50.1 Å². The Hall–Kier alpha value is -4.03. The van der Waals surface area contributed by atoms with E-state index in [1.807, 2.05) is 0 Å². The van der Waals surface area contributed by atoms with Gasteiger partial charge < -0.3 is 19.4 Å². The van der Waals surface area contributed by atoms with Crippen LogP contribution >= 0.6 is 0 Å². The number of aromatic nitrogens is 2. The summed E-state index contributed by atoms with van der Waals surface area (Å²) in [6.07, 6.45) is 4.77. The van der Waals surface area contributed by atoms with Gasteiger partial charge in [0.05, 0.1) is 24.0 Å². The zero-order valence-electron chi connectivity index (χ0n) is 23.9. The molecule has 216 valence electrons. The number of rotatable bonds is 7. The molecule has 1 saturated carbocycles. The largest absolute Gasteiger partial charge is 0.462 e. The van der Waals surface area contributed by atoms with Gasteiger partial charge in [-0.15, -0.1) is 0 Å². The molecule has 2 aromatic carbocycles. The van der Waals surface area contributed by atoms with Gasteiger partial charge in [-0.05, 0) is 85.5 Å². The molecule has 7 rings (SSSR count). The molecule has 0 unspecified atom stereocenters. The molecule has 4 aliphatic rings. The van der Waals surface area contributed by atoms with E-state index in [0.717, 1.165) is 41.8 Å². The van der Waals surface area contributed by atoms with Crippen LogP contribution in [-0.4, -0.2) is 77.6 Å². The molecule has 0 bridgehead atoms. The van der Waals surface area contributed by atoms with E-state index in [0.29, 0.717) is 43.5 Å². The molecule has 0 N–H and O–H groups in total. The zero-order valence-corrected chi connectivity index (χ0v) is 23.9. The van der Waals surface area contributed by atoms with E-state index in [1.165, 1.54) is 34.4 Å². The predicted octanol–water partition coefficient (Wildman–Crippen LogP) is 4.84. The Morgan fingerprint density at radius 1 is 1.19 bits per heavy atom. The third-order valence-electron chi connectivity index (χ3n) is 9.62. The summed E-state index contributed by atoms with van der Waals surface area (Å²) in [7, 11) is 2.12.